The van der Waals surface area contributed by atoms with Gasteiger partial charge in [0.2, 0.25) is 0 Å². The summed E-state index contributed by atoms with van der Waals surface area (Å²) in [6.07, 6.45) is 2.71. The van der Waals surface area contributed by atoms with Crippen LogP contribution in [0, 0.1) is 13.8 Å². The predicted octanol–water partition coefficient (Wildman–Crippen LogP) is 3.92. The van der Waals surface area contributed by atoms with Crippen LogP contribution in [-0.4, -0.2) is 12.0 Å². The summed E-state index contributed by atoms with van der Waals surface area (Å²) in [6, 6.07) is 4.29. The summed E-state index contributed by atoms with van der Waals surface area (Å²) < 4.78 is 0. The molecule has 1 unspecified atom stereocenters. The molecule has 4 heteroatoms. The number of nitrogens with one attached hydrogen (secondary N) is 1. The zero-order valence-electron chi connectivity index (χ0n) is 10.8. The Kier molecular flexibility index (Phi) is 4.38. The molecule has 0 saturated heterocycles. The van der Waals surface area contributed by atoms with Crippen LogP contribution in [0.4, 0.5) is 0 Å². The van der Waals surface area contributed by atoms with Crippen molar-refractivity contribution in [3.05, 3.63) is 50.4 Å². The molecule has 0 saturated carbocycles. The SMILES string of the molecule is CNC(Cc1ncccc1C)c1scc(C)c1Cl. The van der Waals surface area contributed by atoms with Crippen molar-refractivity contribution in [2.75, 3.05) is 7.05 Å². The lowest BCUT2D eigenvalue weighted by atomic mass is 10.1. The number of pyridine rings is 1. The van der Waals surface area contributed by atoms with Crippen LogP contribution in [0.25, 0.3) is 0 Å². The average Bonchev–Trinajstić information content (AvgIpc) is 2.70. The maximum Gasteiger partial charge on any atom is 0.0590 e. The Morgan fingerprint density at radius 3 is 2.72 bits per heavy atom. The van der Waals surface area contributed by atoms with Gasteiger partial charge in [-0.15, -0.1) is 11.3 Å². The molecule has 0 spiro atoms. The molecule has 0 radical (unpaired) electrons. The molecule has 0 amide bonds. The number of halogens is 1. The molecule has 2 rings (SSSR count). The lowest BCUT2D eigenvalue weighted by Gasteiger charge is -2.16. The van der Waals surface area contributed by atoms with Gasteiger partial charge in [-0.3, -0.25) is 4.98 Å². The summed E-state index contributed by atoms with van der Waals surface area (Å²) >= 11 is 8.05. The first kappa shape index (κ1) is 13.5. The molecule has 18 heavy (non-hydrogen) atoms. The normalized spacial score (nSPS) is 12.7. The summed E-state index contributed by atoms with van der Waals surface area (Å²) in [7, 11) is 1.97. The second-order valence-corrected chi connectivity index (χ2v) is 5.70. The topological polar surface area (TPSA) is 24.9 Å². The van der Waals surface area contributed by atoms with Gasteiger partial charge in [-0.25, -0.2) is 0 Å². The smallest absolute Gasteiger partial charge is 0.0590 e. The van der Waals surface area contributed by atoms with Crippen molar-refractivity contribution < 1.29 is 0 Å². The van der Waals surface area contributed by atoms with Crippen molar-refractivity contribution in [2.45, 2.75) is 26.3 Å². The fourth-order valence-electron chi connectivity index (χ4n) is 1.94. The van der Waals surface area contributed by atoms with Crippen molar-refractivity contribution >= 4 is 22.9 Å². The van der Waals surface area contributed by atoms with Crippen LogP contribution in [0.5, 0.6) is 0 Å². The van der Waals surface area contributed by atoms with Crippen molar-refractivity contribution in [3.8, 4) is 0 Å². The van der Waals surface area contributed by atoms with Gasteiger partial charge in [0.25, 0.3) is 0 Å². The molecule has 96 valence electrons. The number of likely N-dealkylation sites (N-methyl/N-ethyl adjacent to an activating group) is 1. The largest absolute Gasteiger partial charge is 0.312 e. The van der Waals surface area contributed by atoms with E-state index in [-0.39, 0.29) is 6.04 Å². The van der Waals surface area contributed by atoms with Crippen molar-refractivity contribution in [1.29, 1.82) is 0 Å². The van der Waals surface area contributed by atoms with Crippen LogP contribution >= 0.6 is 22.9 Å². The van der Waals surface area contributed by atoms with Gasteiger partial charge < -0.3 is 5.32 Å². The summed E-state index contributed by atoms with van der Waals surface area (Å²) in [5, 5.41) is 6.32. The Morgan fingerprint density at radius 1 is 1.39 bits per heavy atom. The Hall–Kier alpha value is -0.900. The fraction of sp³-hybridized carbons (Fsp3) is 0.357. The lowest BCUT2D eigenvalue weighted by molar-refractivity contribution is 0.592. The van der Waals surface area contributed by atoms with E-state index in [1.165, 1.54) is 10.4 Å². The van der Waals surface area contributed by atoms with Gasteiger partial charge in [0.05, 0.1) is 5.02 Å². The van der Waals surface area contributed by atoms with Gasteiger partial charge in [0, 0.05) is 29.2 Å². The molecule has 0 aliphatic carbocycles. The molecule has 0 aliphatic heterocycles. The molecule has 0 fully saturated rings. The number of rotatable bonds is 4. The van der Waals surface area contributed by atoms with Crippen LogP contribution in [0.1, 0.15) is 27.7 Å². The van der Waals surface area contributed by atoms with Gasteiger partial charge in [-0.1, -0.05) is 17.7 Å². The van der Waals surface area contributed by atoms with E-state index >= 15 is 0 Å². The molecule has 2 heterocycles. The fourth-order valence-corrected chi connectivity index (χ4v) is 3.37. The zero-order valence-corrected chi connectivity index (χ0v) is 12.4. The minimum absolute atomic E-state index is 0.227. The standard InChI is InChI=1S/C14H17ClN2S/c1-9-5-4-6-17-11(9)7-12(16-3)14-13(15)10(2)8-18-14/h4-6,8,12,16H,7H2,1-3H3. The summed E-state index contributed by atoms with van der Waals surface area (Å²) in [4.78, 5) is 5.65. The molecule has 1 N–H and O–H groups in total. The quantitative estimate of drug-likeness (QED) is 0.918. The predicted molar refractivity (Wildman–Crippen MR) is 78.5 cm³/mol. The van der Waals surface area contributed by atoms with E-state index in [2.05, 4.69) is 28.7 Å². The second-order valence-electron chi connectivity index (χ2n) is 4.41. The number of aryl methyl sites for hydroxylation is 2. The van der Waals surface area contributed by atoms with Gasteiger partial charge in [0.1, 0.15) is 0 Å². The highest BCUT2D eigenvalue weighted by atomic mass is 35.5. The monoisotopic (exact) mass is 280 g/mol. The maximum atomic E-state index is 6.34. The number of hydrogen-bond donors (Lipinski definition) is 1. The van der Waals surface area contributed by atoms with Gasteiger partial charge in [0.15, 0.2) is 0 Å². The molecule has 2 nitrogen and oxygen atoms in total. The summed E-state index contributed by atoms with van der Waals surface area (Å²) in [5.41, 5.74) is 3.50. The van der Waals surface area contributed by atoms with Crippen molar-refractivity contribution in [3.63, 3.8) is 0 Å². The van der Waals surface area contributed by atoms with E-state index in [1.54, 1.807) is 11.3 Å². The third-order valence-electron chi connectivity index (χ3n) is 3.11. The van der Waals surface area contributed by atoms with Crippen LogP contribution in [0.2, 0.25) is 5.02 Å². The number of hydrogen-bond acceptors (Lipinski definition) is 3. The molecular weight excluding hydrogens is 264 g/mol. The summed E-state index contributed by atoms with van der Waals surface area (Å²) in [6.45, 7) is 4.14. The molecule has 2 aromatic heterocycles. The summed E-state index contributed by atoms with van der Waals surface area (Å²) in [5.74, 6) is 0. The Labute approximate surface area is 117 Å². The van der Waals surface area contributed by atoms with Crippen LogP contribution < -0.4 is 5.32 Å². The van der Waals surface area contributed by atoms with Crippen molar-refractivity contribution in [2.24, 2.45) is 0 Å². The molecule has 2 aromatic rings. The maximum absolute atomic E-state index is 6.34. The molecule has 0 aromatic carbocycles. The lowest BCUT2D eigenvalue weighted by Crippen LogP contribution is -2.19. The highest BCUT2D eigenvalue weighted by molar-refractivity contribution is 7.10. The van der Waals surface area contributed by atoms with E-state index in [0.717, 1.165) is 22.7 Å². The van der Waals surface area contributed by atoms with Crippen LogP contribution in [0.3, 0.4) is 0 Å². The van der Waals surface area contributed by atoms with Crippen LogP contribution in [-0.2, 0) is 6.42 Å². The molecular formula is C14H17ClN2S. The highest BCUT2D eigenvalue weighted by Crippen LogP contribution is 2.33. The first-order valence-electron chi connectivity index (χ1n) is 5.94. The van der Waals surface area contributed by atoms with E-state index in [4.69, 9.17) is 11.6 Å². The number of nitrogens with zero attached hydrogens (tertiary/aromatic N) is 1. The van der Waals surface area contributed by atoms with E-state index < -0.39 is 0 Å². The zero-order chi connectivity index (χ0) is 13.1. The van der Waals surface area contributed by atoms with Crippen LogP contribution in [0.15, 0.2) is 23.7 Å². The minimum atomic E-state index is 0.227. The average molecular weight is 281 g/mol. The molecule has 1 atom stereocenters. The third kappa shape index (κ3) is 2.74. The second kappa shape index (κ2) is 5.83. The Balaban J connectivity index is 2.25. The van der Waals surface area contributed by atoms with Gasteiger partial charge in [-0.05, 0) is 43.5 Å². The van der Waals surface area contributed by atoms with E-state index in [1.807, 2.05) is 26.2 Å². The Bertz CT molecular complexity index is 536. The first-order valence-corrected chi connectivity index (χ1v) is 7.20. The van der Waals surface area contributed by atoms with Gasteiger partial charge >= 0.3 is 0 Å². The number of thiophene rings is 1. The first-order chi connectivity index (χ1) is 8.63. The molecule has 0 aliphatic rings. The van der Waals surface area contributed by atoms with Gasteiger partial charge in [-0.2, -0.15) is 0 Å². The van der Waals surface area contributed by atoms with E-state index in [9.17, 15) is 0 Å². The molecule has 0 bridgehead atoms. The van der Waals surface area contributed by atoms with E-state index in [0.29, 0.717) is 0 Å². The van der Waals surface area contributed by atoms with Crippen molar-refractivity contribution in [1.82, 2.24) is 10.3 Å². The Morgan fingerprint density at radius 2 is 2.17 bits per heavy atom. The number of aromatic nitrogens is 1. The third-order valence-corrected chi connectivity index (χ3v) is 4.93. The highest BCUT2D eigenvalue weighted by Gasteiger charge is 2.18. The minimum Gasteiger partial charge on any atom is -0.312 e.